The first-order valence-electron chi connectivity index (χ1n) is 6.67. The van der Waals surface area contributed by atoms with Crippen molar-refractivity contribution in [1.29, 1.82) is 0 Å². The number of hydrogen-bond donors (Lipinski definition) is 2. The molecule has 2 amide bonds. The summed E-state index contributed by atoms with van der Waals surface area (Å²) in [5.74, 6) is 0.729. The van der Waals surface area contributed by atoms with Gasteiger partial charge in [0.05, 0.1) is 0 Å². The zero-order valence-electron chi connectivity index (χ0n) is 10.4. The minimum atomic E-state index is 0.0959. The van der Waals surface area contributed by atoms with Gasteiger partial charge in [0.15, 0.2) is 0 Å². The predicted octanol–water partition coefficient (Wildman–Crippen LogP) is 0.418. The molecule has 0 bridgehead atoms. The van der Waals surface area contributed by atoms with E-state index in [-0.39, 0.29) is 6.03 Å². The second kappa shape index (κ2) is 6.81. The van der Waals surface area contributed by atoms with E-state index in [9.17, 15) is 4.79 Å². The van der Waals surface area contributed by atoms with E-state index in [2.05, 4.69) is 10.6 Å². The Morgan fingerprint density at radius 2 is 2.00 bits per heavy atom. The molecule has 2 rings (SSSR count). The van der Waals surface area contributed by atoms with Gasteiger partial charge in [0.2, 0.25) is 0 Å². The molecule has 98 valence electrons. The van der Waals surface area contributed by atoms with Gasteiger partial charge in [-0.15, -0.1) is 0 Å². The first kappa shape index (κ1) is 12.6. The normalized spacial score (nSPS) is 22.5. The smallest absolute Gasteiger partial charge is 0.317 e. The molecular weight excluding hydrogens is 218 g/mol. The second-order valence-corrected chi connectivity index (χ2v) is 4.81. The second-order valence-electron chi connectivity index (χ2n) is 4.81. The molecule has 2 fully saturated rings. The number of rotatable bonds is 3. The Morgan fingerprint density at radius 1 is 1.29 bits per heavy atom. The van der Waals surface area contributed by atoms with E-state index in [4.69, 9.17) is 4.74 Å². The Kier molecular flexibility index (Phi) is 5.07. The lowest BCUT2D eigenvalue weighted by Crippen LogP contribution is -2.50. The third-order valence-corrected chi connectivity index (χ3v) is 3.57. The molecule has 17 heavy (non-hydrogen) atoms. The third kappa shape index (κ3) is 4.16. The number of amides is 2. The average molecular weight is 241 g/mol. The van der Waals surface area contributed by atoms with Gasteiger partial charge < -0.3 is 20.3 Å². The SMILES string of the molecule is O=C(NCCC1CCOCC1)N1CCNCC1. The maximum Gasteiger partial charge on any atom is 0.317 e. The van der Waals surface area contributed by atoms with Gasteiger partial charge >= 0.3 is 6.03 Å². The Morgan fingerprint density at radius 3 is 2.71 bits per heavy atom. The third-order valence-electron chi connectivity index (χ3n) is 3.57. The maximum atomic E-state index is 11.8. The number of piperazine rings is 1. The summed E-state index contributed by atoms with van der Waals surface area (Å²) in [4.78, 5) is 13.7. The zero-order valence-corrected chi connectivity index (χ0v) is 10.4. The number of urea groups is 1. The average Bonchev–Trinajstić information content (AvgIpc) is 2.41. The van der Waals surface area contributed by atoms with Crippen LogP contribution >= 0.6 is 0 Å². The number of nitrogens with zero attached hydrogens (tertiary/aromatic N) is 1. The van der Waals surface area contributed by atoms with E-state index in [0.29, 0.717) is 0 Å². The Hall–Kier alpha value is -0.810. The fraction of sp³-hybridized carbons (Fsp3) is 0.917. The van der Waals surface area contributed by atoms with E-state index < -0.39 is 0 Å². The van der Waals surface area contributed by atoms with E-state index in [0.717, 1.165) is 71.1 Å². The van der Waals surface area contributed by atoms with Crippen molar-refractivity contribution in [3.63, 3.8) is 0 Å². The van der Waals surface area contributed by atoms with Gasteiger partial charge in [-0.2, -0.15) is 0 Å². The molecule has 0 aromatic heterocycles. The number of ether oxygens (including phenoxy) is 1. The standard InChI is InChI=1S/C12H23N3O2/c16-12(15-7-5-13-6-8-15)14-4-1-11-2-9-17-10-3-11/h11,13H,1-10H2,(H,14,16). The van der Waals surface area contributed by atoms with Crippen LogP contribution in [0.15, 0.2) is 0 Å². The topological polar surface area (TPSA) is 53.6 Å². The molecule has 2 saturated heterocycles. The van der Waals surface area contributed by atoms with E-state index in [1.807, 2.05) is 4.90 Å². The van der Waals surface area contributed by atoms with Crippen LogP contribution in [0.4, 0.5) is 4.79 Å². The molecule has 2 N–H and O–H groups in total. The van der Waals surface area contributed by atoms with Crippen molar-refractivity contribution in [1.82, 2.24) is 15.5 Å². The summed E-state index contributed by atoms with van der Waals surface area (Å²) >= 11 is 0. The van der Waals surface area contributed by atoms with Gasteiger partial charge in [-0.1, -0.05) is 0 Å². The van der Waals surface area contributed by atoms with Gasteiger partial charge in [-0.05, 0) is 25.2 Å². The van der Waals surface area contributed by atoms with Crippen LogP contribution in [0.3, 0.4) is 0 Å². The van der Waals surface area contributed by atoms with Crippen molar-refractivity contribution in [2.75, 3.05) is 45.9 Å². The van der Waals surface area contributed by atoms with Crippen molar-refractivity contribution in [2.45, 2.75) is 19.3 Å². The molecule has 2 aliphatic heterocycles. The quantitative estimate of drug-likeness (QED) is 0.753. The predicted molar refractivity (Wildman–Crippen MR) is 66.0 cm³/mol. The summed E-state index contributed by atoms with van der Waals surface area (Å²) in [5, 5.41) is 6.26. The molecule has 0 aromatic carbocycles. The Balaban J connectivity index is 1.58. The van der Waals surface area contributed by atoms with Gasteiger partial charge in [-0.3, -0.25) is 0 Å². The number of nitrogens with one attached hydrogen (secondary N) is 2. The molecule has 5 heteroatoms. The fourth-order valence-corrected chi connectivity index (χ4v) is 2.40. The fourth-order valence-electron chi connectivity index (χ4n) is 2.40. The van der Waals surface area contributed by atoms with E-state index in [1.165, 1.54) is 0 Å². The number of carbonyl (C=O) groups excluding carboxylic acids is 1. The molecule has 0 atom stereocenters. The van der Waals surface area contributed by atoms with E-state index >= 15 is 0 Å². The van der Waals surface area contributed by atoms with Crippen molar-refractivity contribution >= 4 is 6.03 Å². The van der Waals surface area contributed by atoms with Gasteiger partial charge in [0.25, 0.3) is 0 Å². The summed E-state index contributed by atoms with van der Waals surface area (Å²) in [6.07, 6.45) is 3.37. The summed E-state index contributed by atoms with van der Waals surface area (Å²) in [6, 6.07) is 0.0959. The summed E-state index contributed by atoms with van der Waals surface area (Å²) in [6.45, 7) is 6.03. The van der Waals surface area contributed by atoms with Crippen LogP contribution in [0.5, 0.6) is 0 Å². The van der Waals surface area contributed by atoms with Crippen molar-refractivity contribution in [2.24, 2.45) is 5.92 Å². The van der Waals surface area contributed by atoms with Crippen LogP contribution in [0, 0.1) is 5.92 Å². The van der Waals surface area contributed by atoms with Crippen LogP contribution in [0.1, 0.15) is 19.3 Å². The highest BCUT2D eigenvalue weighted by atomic mass is 16.5. The van der Waals surface area contributed by atoms with Crippen LogP contribution in [-0.2, 0) is 4.74 Å². The highest BCUT2D eigenvalue weighted by Crippen LogP contribution is 2.17. The molecular formula is C12H23N3O2. The molecule has 0 aromatic rings. The largest absolute Gasteiger partial charge is 0.381 e. The minimum absolute atomic E-state index is 0.0959. The zero-order chi connectivity index (χ0) is 11.9. The van der Waals surface area contributed by atoms with Gasteiger partial charge in [0, 0.05) is 45.9 Å². The molecule has 0 unspecified atom stereocenters. The van der Waals surface area contributed by atoms with Crippen molar-refractivity contribution in [3.05, 3.63) is 0 Å². The molecule has 2 heterocycles. The highest BCUT2D eigenvalue weighted by Gasteiger charge is 2.17. The Labute approximate surface area is 103 Å². The van der Waals surface area contributed by atoms with Gasteiger partial charge in [-0.25, -0.2) is 4.79 Å². The molecule has 0 spiro atoms. The van der Waals surface area contributed by atoms with Crippen molar-refractivity contribution < 1.29 is 9.53 Å². The summed E-state index contributed by atoms with van der Waals surface area (Å²) in [7, 11) is 0. The molecule has 2 aliphatic rings. The lowest BCUT2D eigenvalue weighted by molar-refractivity contribution is 0.0640. The Bertz CT molecular complexity index is 236. The van der Waals surface area contributed by atoms with Crippen LogP contribution in [0.2, 0.25) is 0 Å². The van der Waals surface area contributed by atoms with Crippen LogP contribution in [0.25, 0.3) is 0 Å². The number of carbonyl (C=O) groups is 1. The molecule has 5 nitrogen and oxygen atoms in total. The van der Waals surface area contributed by atoms with E-state index in [1.54, 1.807) is 0 Å². The first-order valence-corrected chi connectivity index (χ1v) is 6.67. The van der Waals surface area contributed by atoms with Gasteiger partial charge in [0.1, 0.15) is 0 Å². The molecule has 0 saturated carbocycles. The first-order chi connectivity index (χ1) is 8.36. The highest BCUT2D eigenvalue weighted by molar-refractivity contribution is 5.74. The summed E-state index contributed by atoms with van der Waals surface area (Å²) < 4.78 is 5.32. The maximum absolute atomic E-state index is 11.8. The monoisotopic (exact) mass is 241 g/mol. The minimum Gasteiger partial charge on any atom is -0.381 e. The lowest BCUT2D eigenvalue weighted by Gasteiger charge is -2.28. The van der Waals surface area contributed by atoms with Crippen LogP contribution in [-0.4, -0.2) is 56.9 Å². The van der Waals surface area contributed by atoms with Crippen molar-refractivity contribution in [3.8, 4) is 0 Å². The van der Waals surface area contributed by atoms with Crippen LogP contribution < -0.4 is 10.6 Å². The number of hydrogen-bond acceptors (Lipinski definition) is 3. The molecule has 0 aliphatic carbocycles. The summed E-state index contributed by atoms with van der Waals surface area (Å²) in [5.41, 5.74) is 0. The lowest BCUT2D eigenvalue weighted by atomic mass is 9.97. The molecule has 0 radical (unpaired) electrons.